The second-order valence-corrected chi connectivity index (χ2v) is 7.73. The molecule has 0 unspecified atom stereocenters. The molecule has 1 saturated heterocycles. The van der Waals surface area contributed by atoms with Crippen molar-refractivity contribution in [1.82, 2.24) is 4.90 Å². The van der Waals surface area contributed by atoms with Gasteiger partial charge >= 0.3 is 5.97 Å². The van der Waals surface area contributed by atoms with E-state index in [0.29, 0.717) is 5.75 Å². The number of likely N-dealkylation sites (N-methyl/N-ethyl adjacent to an activating group) is 1. The van der Waals surface area contributed by atoms with Crippen molar-refractivity contribution in [2.75, 3.05) is 18.6 Å². The van der Waals surface area contributed by atoms with Gasteiger partial charge in [0.15, 0.2) is 0 Å². The first-order chi connectivity index (χ1) is 10.5. The average Bonchev–Trinajstić information content (AvgIpc) is 3.07. The van der Waals surface area contributed by atoms with E-state index in [-0.39, 0.29) is 17.2 Å². The molecule has 0 radical (unpaired) electrons. The summed E-state index contributed by atoms with van der Waals surface area (Å²) < 4.78 is 0. The highest BCUT2D eigenvalue weighted by Crippen LogP contribution is 2.37. The molecule has 7 heteroatoms. The summed E-state index contributed by atoms with van der Waals surface area (Å²) in [6.45, 7) is 1.98. The molecule has 0 amide bonds. The number of aliphatic carboxylic acids is 1. The van der Waals surface area contributed by atoms with Crippen molar-refractivity contribution in [3.8, 4) is 5.75 Å². The van der Waals surface area contributed by atoms with Crippen molar-refractivity contribution >= 4 is 34.5 Å². The van der Waals surface area contributed by atoms with Crippen LogP contribution in [0.2, 0.25) is 0 Å². The third-order valence-corrected chi connectivity index (χ3v) is 6.59. The Kier molecular flexibility index (Phi) is 4.38. The molecule has 3 rings (SSSR count). The van der Waals surface area contributed by atoms with Crippen molar-refractivity contribution in [2.45, 2.75) is 24.4 Å². The summed E-state index contributed by atoms with van der Waals surface area (Å²) in [5, 5.41) is 20.2. The topological polar surface area (TPSA) is 73.1 Å². The lowest BCUT2D eigenvalue weighted by molar-refractivity contribution is -0.141. The number of phenolic OH excluding ortho intramolecular Hbond substituents is 1. The normalized spacial score (nSPS) is 28.8. The molecule has 0 aromatic heterocycles. The molecule has 2 aliphatic rings. The summed E-state index contributed by atoms with van der Waals surface area (Å²) >= 11 is 3.28. The molecule has 1 aromatic rings. The van der Waals surface area contributed by atoms with Gasteiger partial charge < -0.3 is 10.2 Å². The highest BCUT2D eigenvalue weighted by molar-refractivity contribution is 8.14. The largest absolute Gasteiger partial charge is 0.507 e. The number of carboxylic acid groups (broad SMARTS) is 1. The third-order valence-electron chi connectivity index (χ3n) is 3.99. The summed E-state index contributed by atoms with van der Waals surface area (Å²) in [5.74, 6) is 0.881. The molecule has 118 valence electrons. The van der Waals surface area contributed by atoms with Gasteiger partial charge in [0.25, 0.3) is 0 Å². The minimum atomic E-state index is -0.774. The van der Waals surface area contributed by atoms with Crippen LogP contribution < -0.4 is 0 Å². The number of rotatable bonds is 3. The van der Waals surface area contributed by atoms with Gasteiger partial charge in [0, 0.05) is 17.1 Å². The van der Waals surface area contributed by atoms with E-state index in [4.69, 9.17) is 4.99 Å². The Labute approximate surface area is 137 Å². The van der Waals surface area contributed by atoms with Gasteiger partial charge in [-0.1, -0.05) is 11.6 Å². The zero-order chi connectivity index (χ0) is 15.9. The van der Waals surface area contributed by atoms with Crippen LogP contribution in [0.15, 0.2) is 23.2 Å². The van der Waals surface area contributed by atoms with Gasteiger partial charge in [-0.2, -0.15) is 0 Å². The summed E-state index contributed by atoms with van der Waals surface area (Å²) in [6, 6.07) is 5.12. The highest BCUT2D eigenvalue weighted by Gasteiger charge is 2.41. The molecule has 2 aliphatic heterocycles. The van der Waals surface area contributed by atoms with Gasteiger partial charge in [-0.15, -0.1) is 23.5 Å². The minimum Gasteiger partial charge on any atom is -0.507 e. The number of benzene rings is 1. The van der Waals surface area contributed by atoms with E-state index in [9.17, 15) is 15.0 Å². The number of carboxylic acids is 1. The van der Waals surface area contributed by atoms with Gasteiger partial charge in [-0.25, -0.2) is 0 Å². The van der Waals surface area contributed by atoms with E-state index < -0.39 is 12.0 Å². The number of hydrogen-bond donors (Lipinski definition) is 2. The number of nitrogens with zero attached hydrogens (tertiary/aromatic N) is 2. The molecule has 5 nitrogen and oxygen atoms in total. The second-order valence-electron chi connectivity index (χ2n) is 5.58. The predicted octanol–water partition coefficient (Wildman–Crippen LogP) is 2.02. The summed E-state index contributed by atoms with van der Waals surface area (Å²) in [4.78, 5) is 17.9. The number of phenols is 1. The van der Waals surface area contributed by atoms with Crippen molar-refractivity contribution < 1.29 is 15.0 Å². The zero-order valence-electron chi connectivity index (χ0n) is 12.4. The number of hydrogen-bond acceptors (Lipinski definition) is 6. The van der Waals surface area contributed by atoms with E-state index in [1.54, 1.807) is 29.6 Å². The summed E-state index contributed by atoms with van der Waals surface area (Å²) in [6.07, 6.45) is 0. The van der Waals surface area contributed by atoms with Crippen LogP contribution in [0.5, 0.6) is 5.75 Å². The Morgan fingerprint density at radius 3 is 2.86 bits per heavy atom. The van der Waals surface area contributed by atoms with Crippen LogP contribution in [0.1, 0.15) is 11.1 Å². The molecule has 22 heavy (non-hydrogen) atoms. The molecule has 3 atom stereocenters. The van der Waals surface area contributed by atoms with Gasteiger partial charge in [0.2, 0.25) is 0 Å². The molecule has 2 heterocycles. The molecule has 1 aromatic carbocycles. The van der Waals surface area contributed by atoms with Crippen molar-refractivity contribution in [1.29, 1.82) is 0 Å². The van der Waals surface area contributed by atoms with E-state index in [0.717, 1.165) is 21.9 Å². The predicted molar refractivity (Wildman–Crippen MR) is 91.1 cm³/mol. The monoisotopic (exact) mass is 338 g/mol. The first-order valence-electron chi connectivity index (χ1n) is 7.04. The van der Waals surface area contributed by atoms with Crippen molar-refractivity contribution in [2.24, 2.45) is 4.99 Å². The van der Waals surface area contributed by atoms with Crippen molar-refractivity contribution in [3.63, 3.8) is 0 Å². The van der Waals surface area contributed by atoms with E-state index in [2.05, 4.69) is 0 Å². The van der Waals surface area contributed by atoms with Crippen molar-refractivity contribution in [3.05, 3.63) is 29.3 Å². The maximum atomic E-state index is 11.2. The number of aryl methyl sites for hydroxylation is 1. The van der Waals surface area contributed by atoms with E-state index in [1.165, 1.54) is 0 Å². The Hall–Kier alpha value is -1.18. The van der Waals surface area contributed by atoms with E-state index >= 15 is 0 Å². The smallest absolute Gasteiger partial charge is 0.321 e. The average molecular weight is 338 g/mol. The van der Waals surface area contributed by atoms with E-state index in [1.807, 2.05) is 31.0 Å². The van der Waals surface area contributed by atoms with Crippen LogP contribution in [0.3, 0.4) is 0 Å². The first kappa shape index (κ1) is 15.7. The van der Waals surface area contributed by atoms with Crippen LogP contribution in [-0.4, -0.2) is 62.1 Å². The first-order valence-corrected chi connectivity index (χ1v) is 9.07. The molecular formula is C15H18N2O3S2. The van der Waals surface area contributed by atoms with Gasteiger partial charge in [-0.05, 0) is 26.1 Å². The molecule has 0 spiro atoms. The lowest BCUT2D eigenvalue weighted by atomic mass is 10.1. The molecule has 0 saturated carbocycles. The minimum absolute atomic E-state index is 0.0549. The summed E-state index contributed by atoms with van der Waals surface area (Å²) in [7, 11) is 1.85. The molecule has 2 N–H and O–H groups in total. The fourth-order valence-electron chi connectivity index (χ4n) is 2.73. The van der Waals surface area contributed by atoms with Crippen LogP contribution in [0, 0.1) is 6.92 Å². The number of aliphatic imine (C=N–C) groups is 1. The quantitative estimate of drug-likeness (QED) is 0.878. The maximum absolute atomic E-state index is 11.2. The molecule has 0 aliphatic carbocycles. The number of thioether (sulfide) groups is 2. The Bertz CT molecular complexity index is 635. The van der Waals surface area contributed by atoms with Gasteiger partial charge in [0.05, 0.1) is 11.4 Å². The lowest BCUT2D eigenvalue weighted by Gasteiger charge is -2.24. The van der Waals surface area contributed by atoms with Crippen LogP contribution in [0.4, 0.5) is 0 Å². The second kappa shape index (κ2) is 6.14. The third kappa shape index (κ3) is 2.85. The molecule has 0 bridgehead atoms. The number of carbonyl (C=O) groups is 1. The molecular weight excluding hydrogens is 320 g/mol. The number of aromatic hydroxyl groups is 1. The van der Waals surface area contributed by atoms with Crippen LogP contribution >= 0.6 is 23.5 Å². The summed E-state index contributed by atoms with van der Waals surface area (Å²) in [5.41, 5.74) is 1.85. The van der Waals surface area contributed by atoms with Gasteiger partial charge in [0.1, 0.15) is 16.8 Å². The zero-order valence-corrected chi connectivity index (χ0v) is 14.0. The lowest BCUT2D eigenvalue weighted by Crippen LogP contribution is -2.42. The Morgan fingerprint density at radius 1 is 1.41 bits per heavy atom. The standard InChI is InChI=1S/C15H18N2O3S2/c1-8-3-4-12(18)9(5-8)13-16-10(6-21-13)14-17(2)11(7-22-14)15(19)20/h3-5,10-11,14,18H,6-7H2,1-2H3,(H,19,20)/t10-,11+,14+/m0/s1. The van der Waals surface area contributed by atoms with Crippen LogP contribution in [-0.2, 0) is 4.79 Å². The fraction of sp³-hybridized carbons (Fsp3) is 0.467. The SMILES string of the molecule is Cc1ccc(O)c(C2=N[C@H]([C@H]3SC[C@H](C(=O)O)N3C)CS2)c1. The van der Waals surface area contributed by atoms with Crippen LogP contribution in [0.25, 0.3) is 0 Å². The maximum Gasteiger partial charge on any atom is 0.321 e. The Balaban J connectivity index is 1.80. The van der Waals surface area contributed by atoms with Gasteiger partial charge in [-0.3, -0.25) is 14.7 Å². The highest BCUT2D eigenvalue weighted by atomic mass is 32.2. The Morgan fingerprint density at radius 2 is 2.18 bits per heavy atom. The molecule has 1 fully saturated rings. The fourth-order valence-corrected chi connectivity index (χ4v) is 5.49.